The lowest BCUT2D eigenvalue weighted by Gasteiger charge is -2.10. The number of carboxylic acids is 1. The highest BCUT2D eigenvalue weighted by Crippen LogP contribution is 2.12. The molecule has 1 amide bonds. The van der Waals surface area contributed by atoms with Crippen LogP contribution in [-0.4, -0.2) is 34.0 Å². The molecule has 0 heterocycles. The van der Waals surface area contributed by atoms with Gasteiger partial charge in [0.2, 0.25) is 5.91 Å². The summed E-state index contributed by atoms with van der Waals surface area (Å²) in [5.74, 6) is -0.391. The van der Waals surface area contributed by atoms with Crippen LogP contribution in [0.25, 0.3) is 0 Å². The van der Waals surface area contributed by atoms with Crippen molar-refractivity contribution >= 4 is 37.1 Å². The third kappa shape index (κ3) is 9.35. The smallest absolute Gasteiger partial charge is 0.325 e. The Hall–Kier alpha value is -0.360. The molecular weight excluding hydrogens is 258 g/mol. The van der Waals surface area contributed by atoms with Crippen molar-refractivity contribution in [1.29, 1.82) is 0 Å². The van der Waals surface area contributed by atoms with Gasteiger partial charge in [0.1, 0.15) is 6.04 Å². The molecule has 0 aromatic rings. The number of carbonyl (C=O) groups excluding carboxylic acids is 1. The number of unbranched alkanes of at least 4 members (excludes halogenated alkanes) is 1. The van der Waals surface area contributed by atoms with Crippen molar-refractivity contribution in [2.24, 2.45) is 0 Å². The second-order valence-corrected chi connectivity index (χ2v) is 5.22. The highest BCUT2D eigenvalue weighted by molar-refractivity contribution is 7.81. The SMILES string of the molecule is CC(NC(=O)CCCCC(S)CCS)C(=O)O. The number of thiol groups is 2. The Morgan fingerprint density at radius 2 is 1.94 bits per heavy atom. The van der Waals surface area contributed by atoms with Gasteiger partial charge in [0, 0.05) is 11.7 Å². The van der Waals surface area contributed by atoms with Crippen molar-refractivity contribution in [3.05, 3.63) is 0 Å². The summed E-state index contributed by atoms with van der Waals surface area (Å²) < 4.78 is 0. The first-order chi connectivity index (χ1) is 7.97. The number of aliphatic carboxylic acids is 1. The Morgan fingerprint density at radius 3 is 2.47 bits per heavy atom. The van der Waals surface area contributed by atoms with Gasteiger partial charge in [-0.25, -0.2) is 0 Å². The molecule has 0 rings (SSSR count). The molecular formula is C11H21NO3S2. The lowest BCUT2D eigenvalue weighted by molar-refractivity contribution is -0.141. The Labute approximate surface area is 113 Å². The topological polar surface area (TPSA) is 66.4 Å². The highest BCUT2D eigenvalue weighted by Gasteiger charge is 2.13. The van der Waals surface area contributed by atoms with Crippen LogP contribution >= 0.6 is 25.3 Å². The second-order valence-electron chi connectivity index (χ2n) is 4.04. The van der Waals surface area contributed by atoms with Crippen molar-refractivity contribution < 1.29 is 14.7 Å². The summed E-state index contributed by atoms with van der Waals surface area (Å²) in [6.07, 6.45) is 4.00. The van der Waals surface area contributed by atoms with Gasteiger partial charge in [-0.1, -0.05) is 6.42 Å². The van der Waals surface area contributed by atoms with Crippen LogP contribution in [0, 0.1) is 0 Å². The Kier molecular flexibility index (Phi) is 9.44. The van der Waals surface area contributed by atoms with Gasteiger partial charge in [-0.15, -0.1) is 0 Å². The maximum absolute atomic E-state index is 11.3. The standard InChI is InChI=1S/C11H21NO3S2/c1-8(11(14)15)12-10(13)5-3-2-4-9(17)6-7-16/h8-9,16-17H,2-7H2,1H3,(H,12,13)(H,14,15). The van der Waals surface area contributed by atoms with Crippen LogP contribution in [0.2, 0.25) is 0 Å². The molecule has 0 spiro atoms. The third-order valence-electron chi connectivity index (χ3n) is 2.40. The molecule has 0 aliphatic rings. The monoisotopic (exact) mass is 279 g/mol. The quantitative estimate of drug-likeness (QED) is 0.384. The molecule has 0 bridgehead atoms. The summed E-state index contributed by atoms with van der Waals surface area (Å²) in [5, 5.41) is 11.4. The van der Waals surface area contributed by atoms with Gasteiger partial charge < -0.3 is 10.4 Å². The molecule has 4 nitrogen and oxygen atoms in total. The molecule has 2 N–H and O–H groups in total. The van der Waals surface area contributed by atoms with Gasteiger partial charge in [0.25, 0.3) is 0 Å². The predicted molar refractivity (Wildman–Crippen MR) is 75.0 cm³/mol. The normalized spacial score (nSPS) is 14.1. The molecule has 0 aliphatic heterocycles. The molecule has 0 aromatic heterocycles. The van der Waals surface area contributed by atoms with Crippen molar-refractivity contribution in [2.75, 3.05) is 5.75 Å². The van der Waals surface area contributed by atoms with Crippen LogP contribution in [-0.2, 0) is 9.59 Å². The van der Waals surface area contributed by atoms with E-state index in [4.69, 9.17) is 5.11 Å². The number of hydrogen-bond acceptors (Lipinski definition) is 4. The van der Waals surface area contributed by atoms with Gasteiger partial charge in [0.05, 0.1) is 0 Å². The molecule has 100 valence electrons. The molecule has 2 atom stereocenters. The van der Waals surface area contributed by atoms with E-state index in [1.807, 2.05) is 0 Å². The molecule has 0 fully saturated rings. The lowest BCUT2D eigenvalue weighted by Crippen LogP contribution is -2.38. The van der Waals surface area contributed by atoms with Gasteiger partial charge in [-0.05, 0) is 31.9 Å². The summed E-state index contributed by atoms with van der Waals surface area (Å²) in [5.41, 5.74) is 0. The first-order valence-electron chi connectivity index (χ1n) is 5.78. The van der Waals surface area contributed by atoms with E-state index in [-0.39, 0.29) is 5.91 Å². The number of amides is 1. The van der Waals surface area contributed by atoms with Gasteiger partial charge in [-0.3, -0.25) is 9.59 Å². The largest absolute Gasteiger partial charge is 0.480 e. The van der Waals surface area contributed by atoms with E-state index in [2.05, 4.69) is 30.6 Å². The minimum Gasteiger partial charge on any atom is -0.480 e. The number of hydrogen-bond donors (Lipinski definition) is 4. The highest BCUT2D eigenvalue weighted by atomic mass is 32.1. The average Bonchev–Trinajstić information content (AvgIpc) is 2.24. The molecule has 6 heteroatoms. The number of nitrogens with one attached hydrogen (secondary N) is 1. The van der Waals surface area contributed by atoms with E-state index < -0.39 is 12.0 Å². The number of carboxylic acid groups (broad SMARTS) is 1. The maximum atomic E-state index is 11.3. The minimum atomic E-state index is -1.01. The summed E-state index contributed by atoms with van der Waals surface area (Å²) in [6.45, 7) is 1.46. The van der Waals surface area contributed by atoms with Crippen molar-refractivity contribution in [2.45, 2.75) is 50.3 Å². The zero-order valence-corrected chi connectivity index (χ0v) is 11.8. The van der Waals surface area contributed by atoms with E-state index in [9.17, 15) is 9.59 Å². The van der Waals surface area contributed by atoms with E-state index in [1.54, 1.807) is 0 Å². The molecule has 0 radical (unpaired) electrons. The van der Waals surface area contributed by atoms with Gasteiger partial charge >= 0.3 is 5.97 Å². The first-order valence-corrected chi connectivity index (χ1v) is 6.93. The summed E-state index contributed by atoms with van der Waals surface area (Å²) in [4.78, 5) is 21.8. The molecule has 2 unspecified atom stereocenters. The fourth-order valence-corrected chi connectivity index (χ4v) is 2.16. The van der Waals surface area contributed by atoms with Crippen LogP contribution < -0.4 is 5.32 Å². The molecule has 17 heavy (non-hydrogen) atoms. The van der Waals surface area contributed by atoms with Crippen molar-refractivity contribution in [1.82, 2.24) is 5.32 Å². The zero-order valence-electron chi connectivity index (χ0n) is 10.1. The van der Waals surface area contributed by atoms with Gasteiger partial charge in [-0.2, -0.15) is 25.3 Å². The Balaban J connectivity index is 3.55. The maximum Gasteiger partial charge on any atom is 0.325 e. The second kappa shape index (κ2) is 9.65. The lowest BCUT2D eigenvalue weighted by atomic mass is 10.1. The summed E-state index contributed by atoms with van der Waals surface area (Å²) >= 11 is 8.52. The first kappa shape index (κ1) is 16.6. The van der Waals surface area contributed by atoms with Crippen molar-refractivity contribution in [3.63, 3.8) is 0 Å². The summed E-state index contributed by atoms with van der Waals surface area (Å²) in [6, 6.07) is -0.815. The van der Waals surface area contributed by atoms with E-state index in [0.717, 1.165) is 31.4 Å². The van der Waals surface area contributed by atoms with E-state index in [0.29, 0.717) is 11.7 Å². The van der Waals surface area contributed by atoms with E-state index in [1.165, 1.54) is 6.92 Å². The molecule has 0 aromatic carbocycles. The predicted octanol–water partition coefficient (Wildman–Crippen LogP) is 1.75. The van der Waals surface area contributed by atoms with Crippen LogP contribution in [0.1, 0.15) is 39.0 Å². The van der Waals surface area contributed by atoms with Gasteiger partial charge in [0.15, 0.2) is 0 Å². The van der Waals surface area contributed by atoms with Crippen LogP contribution in [0.4, 0.5) is 0 Å². The van der Waals surface area contributed by atoms with Crippen LogP contribution in [0.15, 0.2) is 0 Å². The molecule has 0 saturated heterocycles. The van der Waals surface area contributed by atoms with Crippen molar-refractivity contribution in [3.8, 4) is 0 Å². The van der Waals surface area contributed by atoms with Crippen LogP contribution in [0.5, 0.6) is 0 Å². The molecule has 0 saturated carbocycles. The van der Waals surface area contributed by atoms with E-state index >= 15 is 0 Å². The summed E-state index contributed by atoms with van der Waals surface area (Å²) in [7, 11) is 0. The minimum absolute atomic E-state index is 0.204. The fourth-order valence-electron chi connectivity index (χ4n) is 1.33. The van der Waals surface area contributed by atoms with Crippen LogP contribution in [0.3, 0.4) is 0 Å². The number of carbonyl (C=O) groups is 2. The Morgan fingerprint density at radius 1 is 1.29 bits per heavy atom. The third-order valence-corrected chi connectivity index (χ3v) is 3.18. The number of rotatable bonds is 9. The average molecular weight is 279 g/mol. The zero-order chi connectivity index (χ0) is 13.3. The molecule has 0 aliphatic carbocycles. The fraction of sp³-hybridized carbons (Fsp3) is 0.818. The Bertz CT molecular complexity index is 249.